The van der Waals surface area contributed by atoms with Crippen molar-refractivity contribution < 1.29 is 9.53 Å². The third-order valence-corrected chi connectivity index (χ3v) is 3.06. The van der Waals surface area contributed by atoms with Crippen LogP contribution in [0.4, 0.5) is 0 Å². The number of ether oxygens (including phenoxy) is 1. The molecule has 0 spiro atoms. The van der Waals surface area contributed by atoms with Crippen LogP contribution < -0.4 is 4.74 Å². The fraction of sp³-hybridized carbons (Fsp3) is 0.467. The Labute approximate surface area is 118 Å². The summed E-state index contributed by atoms with van der Waals surface area (Å²) in [6.07, 6.45) is 1.71. The van der Waals surface area contributed by atoms with Gasteiger partial charge in [0, 0.05) is 23.9 Å². The summed E-state index contributed by atoms with van der Waals surface area (Å²) in [5.74, 6) is 0.671. The van der Waals surface area contributed by atoms with Gasteiger partial charge >= 0.3 is 0 Å². The number of H-pyrrole nitrogens is 1. The van der Waals surface area contributed by atoms with Crippen LogP contribution in [0.25, 0.3) is 10.9 Å². The monoisotopic (exact) mass is 275 g/mol. The van der Waals surface area contributed by atoms with Gasteiger partial charge in [-0.1, -0.05) is 13.8 Å². The third kappa shape index (κ3) is 3.36. The molecule has 0 aliphatic heterocycles. The number of carbonyl (C=O) groups excluding carboxylic acids is 1. The maximum absolute atomic E-state index is 12.0. The summed E-state index contributed by atoms with van der Waals surface area (Å²) in [6.45, 7) is 5.21. The number of aromatic nitrogens is 2. The molecule has 0 unspecified atom stereocenters. The first-order valence-electron chi connectivity index (χ1n) is 6.78. The third-order valence-electron chi connectivity index (χ3n) is 3.06. The highest BCUT2D eigenvalue weighted by Crippen LogP contribution is 2.20. The number of aromatic amines is 1. The van der Waals surface area contributed by atoms with E-state index in [2.05, 4.69) is 9.97 Å². The molecular formula is C15H21N3O2. The summed E-state index contributed by atoms with van der Waals surface area (Å²) in [5.41, 5.74) is 1.48. The molecule has 5 nitrogen and oxygen atoms in total. The number of rotatable bonds is 6. The Morgan fingerprint density at radius 1 is 1.40 bits per heavy atom. The molecule has 0 radical (unpaired) electrons. The van der Waals surface area contributed by atoms with E-state index in [1.807, 2.05) is 45.0 Å². The van der Waals surface area contributed by atoms with Crippen molar-refractivity contribution in [1.82, 2.24) is 14.9 Å². The molecule has 2 heterocycles. The second-order valence-electron chi connectivity index (χ2n) is 5.46. The SMILES string of the molecule is CC(C)C(=O)c1cc2cc(OCCN(C)C)ncc2[nH]1. The van der Waals surface area contributed by atoms with Gasteiger partial charge in [0.2, 0.25) is 5.88 Å². The van der Waals surface area contributed by atoms with E-state index in [9.17, 15) is 4.79 Å². The average Bonchev–Trinajstić information content (AvgIpc) is 2.80. The average molecular weight is 275 g/mol. The first-order chi connectivity index (χ1) is 9.47. The zero-order chi connectivity index (χ0) is 14.7. The van der Waals surface area contributed by atoms with Gasteiger partial charge in [-0.2, -0.15) is 0 Å². The largest absolute Gasteiger partial charge is 0.476 e. The standard InChI is InChI=1S/C15H21N3O2/c1-10(2)15(19)12-7-11-8-14(16-9-13(11)17-12)20-6-5-18(3)4/h7-10,17H,5-6H2,1-4H3. The first kappa shape index (κ1) is 14.5. The second-order valence-corrected chi connectivity index (χ2v) is 5.46. The molecule has 0 aliphatic rings. The summed E-state index contributed by atoms with van der Waals surface area (Å²) in [4.78, 5) is 21.3. The molecule has 20 heavy (non-hydrogen) atoms. The number of hydrogen-bond donors (Lipinski definition) is 1. The Bertz CT molecular complexity index is 602. The van der Waals surface area contributed by atoms with Crippen molar-refractivity contribution in [1.29, 1.82) is 0 Å². The molecule has 0 fully saturated rings. The van der Waals surface area contributed by atoms with Crippen LogP contribution in [-0.4, -0.2) is 47.9 Å². The molecule has 0 saturated heterocycles. The predicted octanol–water partition coefficient (Wildman–Crippen LogP) is 2.34. The van der Waals surface area contributed by atoms with Gasteiger partial charge in [0.05, 0.1) is 17.4 Å². The van der Waals surface area contributed by atoms with Gasteiger partial charge in [-0.15, -0.1) is 0 Å². The van der Waals surface area contributed by atoms with Crippen molar-refractivity contribution in [2.45, 2.75) is 13.8 Å². The second kappa shape index (κ2) is 6.05. The summed E-state index contributed by atoms with van der Waals surface area (Å²) in [5, 5.41) is 0.948. The van der Waals surface area contributed by atoms with Gasteiger partial charge < -0.3 is 14.6 Å². The van der Waals surface area contributed by atoms with E-state index in [0.29, 0.717) is 18.2 Å². The molecule has 2 rings (SSSR count). The van der Waals surface area contributed by atoms with Crippen LogP contribution in [-0.2, 0) is 0 Å². The fourth-order valence-electron chi connectivity index (χ4n) is 1.87. The topological polar surface area (TPSA) is 58.2 Å². The minimum atomic E-state index is -0.0215. The summed E-state index contributed by atoms with van der Waals surface area (Å²) in [6, 6.07) is 3.72. The van der Waals surface area contributed by atoms with Gasteiger partial charge in [0.25, 0.3) is 0 Å². The van der Waals surface area contributed by atoms with E-state index >= 15 is 0 Å². The number of nitrogens with zero attached hydrogens (tertiary/aromatic N) is 2. The van der Waals surface area contributed by atoms with Crippen LogP contribution in [0.1, 0.15) is 24.3 Å². The van der Waals surface area contributed by atoms with Crippen molar-refractivity contribution in [2.75, 3.05) is 27.2 Å². The number of ketones is 1. The fourth-order valence-corrected chi connectivity index (χ4v) is 1.87. The molecule has 0 aliphatic carbocycles. The van der Waals surface area contributed by atoms with Gasteiger partial charge in [0.1, 0.15) is 6.61 Å². The minimum absolute atomic E-state index is 0.0215. The molecule has 0 aromatic carbocycles. The molecule has 2 aromatic heterocycles. The minimum Gasteiger partial charge on any atom is -0.476 e. The number of pyridine rings is 1. The maximum atomic E-state index is 12.0. The Balaban J connectivity index is 2.15. The van der Waals surface area contributed by atoms with Crippen molar-refractivity contribution in [3.63, 3.8) is 0 Å². The molecule has 0 atom stereocenters. The van der Waals surface area contributed by atoms with E-state index in [0.717, 1.165) is 17.4 Å². The van der Waals surface area contributed by atoms with Crippen LogP contribution in [0.2, 0.25) is 0 Å². The number of Topliss-reactive ketones (excluding diaryl/α,β-unsaturated/α-hetero) is 1. The first-order valence-corrected chi connectivity index (χ1v) is 6.78. The highest BCUT2D eigenvalue weighted by atomic mass is 16.5. The van der Waals surface area contributed by atoms with E-state index in [1.165, 1.54) is 0 Å². The quantitative estimate of drug-likeness (QED) is 0.822. The number of nitrogens with one attached hydrogen (secondary N) is 1. The molecule has 5 heteroatoms. The van der Waals surface area contributed by atoms with Crippen LogP contribution >= 0.6 is 0 Å². The van der Waals surface area contributed by atoms with Gasteiger partial charge in [-0.3, -0.25) is 4.79 Å². The lowest BCUT2D eigenvalue weighted by atomic mass is 10.1. The predicted molar refractivity (Wildman–Crippen MR) is 79.3 cm³/mol. The molecule has 2 aromatic rings. The lowest BCUT2D eigenvalue weighted by molar-refractivity contribution is 0.0935. The highest BCUT2D eigenvalue weighted by Gasteiger charge is 2.13. The zero-order valence-electron chi connectivity index (χ0n) is 12.4. The van der Waals surface area contributed by atoms with Crippen molar-refractivity contribution in [3.8, 4) is 5.88 Å². The molecule has 0 saturated carbocycles. The number of likely N-dealkylation sites (N-methyl/N-ethyl adjacent to an activating group) is 1. The van der Waals surface area contributed by atoms with E-state index in [-0.39, 0.29) is 11.7 Å². The molecule has 0 amide bonds. The van der Waals surface area contributed by atoms with E-state index in [4.69, 9.17) is 4.74 Å². The van der Waals surface area contributed by atoms with Crippen molar-refractivity contribution in [2.24, 2.45) is 5.92 Å². The van der Waals surface area contributed by atoms with Crippen LogP contribution in [0, 0.1) is 5.92 Å². The molecule has 108 valence electrons. The van der Waals surface area contributed by atoms with Crippen LogP contribution in [0.3, 0.4) is 0 Å². The van der Waals surface area contributed by atoms with Gasteiger partial charge in [-0.05, 0) is 20.2 Å². The van der Waals surface area contributed by atoms with E-state index in [1.54, 1.807) is 6.20 Å². The van der Waals surface area contributed by atoms with E-state index < -0.39 is 0 Å². The Kier molecular flexibility index (Phi) is 4.39. The Morgan fingerprint density at radius 2 is 2.15 bits per heavy atom. The zero-order valence-corrected chi connectivity index (χ0v) is 12.4. The molecule has 0 bridgehead atoms. The summed E-state index contributed by atoms with van der Waals surface area (Å²) >= 11 is 0. The van der Waals surface area contributed by atoms with Gasteiger partial charge in [-0.25, -0.2) is 4.98 Å². The Morgan fingerprint density at radius 3 is 2.80 bits per heavy atom. The Hall–Kier alpha value is -1.88. The van der Waals surface area contributed by atoms with Crippen LogP contribution in [0.5, 0.6) is 5.88 Å². The number of fused-ring (bicyclic) bond motifs is 1. The summed E-state index contributed by atoms with van der Waals surface area (Å²) in [7, 11) is 3.99. The number of carbonyl (C=O) groups is 1. The number of hydrogen-bond acceptors (Lipinski definition) is 4. The van der Waals surface area contributed by atoms with Crippen LogP contribution in [0.15, 0.2) is 18.3 Å². The van der Waals surface area contributed by atoms with Gasteiger partial charge in [0.15, 0.2) is 5.78 Å². The smallest absolute Gasteiger partial charge is 0.213 e. The highest BCUT2D eigenvalue weighted by molar-refractivity contribution is 6.00. The molecular weight excluding hydrogens is 254 g/mol. The van der Waals surface area contributed by atoms with Crippen molar-refractivity contribution in [3.05, 3.63) is 24.0 Å². The lowest BCUT2D eigenvalue weighted by Gasteiger charge is -2.10. The molecule has 1 N–H and O–H groups in total. The van der Waals surface area contributed by atoms with Crippen molar-refractivity contribution >= 4 is 16.7 Å². The normalized spacial score (nSPS) is 11.5. The lowest BCUT2D eigenvalue weighted by Crippen LogP contribution is -2.19. The maximum Gasteiger partial charge on any atom is 0.213 e. The summed E-state index contributed by atoms with van der Waals surface area (Å²) < 4.78 is 5.59.